The van der Waals surface area contributed by atoms with Crippen LogP contribution in [0.2, 0.25) is 0 Å². The Labute approximate surface area is 187 Å². The van der Waals surface area contributed by atoms with Gasteiger partial charge in [-0.1, -0.05) is 31.5 Å². The molecule has 0 radical (unpaired) electrons. The van der Waals surface area contributed by atoms with Crippen molar-refractivity contribution in [2.45, 2.75) is 40.0 Å². The molecule has 170 valence electrons. The third-order valence-electron chi connectivity index (χ3n) is 5.47. The van der Waals surface area contributed by atoms with E-state index in [9.17, 15) is 18.4 Å². The van der Waals surface area contributed by atoms with Crippen molar-refractivity contribution < 1.29 is 23.1 Å². The van der Waals surface area contributed by atoms with Crippen molar-refractivity contribution in [3.8, 4) is 0 Å². The van der Waals surface area contributed by atoms with Gasteiger partial charge in [0.05, 0.1) is 5.57 Å². The Kier molecular flexibility index (Phi) is 7.75. The van der Waals surface area contributed by atoms with E-state index in [1.165, 1.54) is 11.0 Å². The van der Waals surface area contributed by atoms with Crippen LogP contribution in [-0.4, -0.2) is 36.5 Å². The summed E-state index contributed by atoms with van der Waals surface area (Å²) >= 11 is 0. The fourth-order valence-electron chi connectivity index (χ4n) is 3.45. The highest BCUT2D eigenvalue weighted by Gasteiger charge is 2.39. The molecule has 2 amide bonds. The number of amides is 2. The third-order valence-corrected chi connectivity index (χ3v) is 5.47. The van der Waals surface area contributed by atoms with E-state index in [0.717, 1.165) is 36.1 Å². The lowest BCUT2D eigenvalue weighted by molar-refractivity contribution is -0.137. The Balaban J connectivity index is 1.88. The quantitative estimate of drug-likeness (QED) is 0.417. The number of ether oxygens (including phenoxy) is 1. The summed E-state index contributed by atoms with van der Waals surface area (Å²) in [5, 5.41) is 2.85. The van der Waals surface area contributed by atoms with Gasteiger partial charge in [0, 0.05) is 31.5 Å². The Bertz CT molecular complexity index is 1050. The van der Waals surface area contributed by atoms with E-state index in [0.29, 0.717) is 25.2 Å². The van der Waals surface area contributed by atoms with Gasteiger partial charge in [-0.05, 0) is 55.5 Å². The highest BCUT2D eigenvalue weighted by molar-refractivity contribution is 6.36. The van der Waals surface area contributed by atoms with Crippen LogP contribution in [0.25, 0.3) is 5.57 Å². The molecule has 0 unspecified atom stereocenters. The van der Waals surface area contributed by atoms with Gasteiger partial charge in [0.1, 0.15) is 5.70 Å². The summed E-state index contributed by atoms with van der Waals surface area (Å²) in [6.45, 7) is 7.26. The number of unbranched alkanes of at least 4 members (excludes halogenated alkanes) is 1. The first-order valence-electron chi connectivity index (χ1n) is 10.8. The van der Waals surface area contributed by atoms with Crippen LogP contribution in [0.3, 0.4) is 0 Å². The van der Waals surface area contributed by atoms with E-state index in [-0.39, 0.29) is 23.5 Å². The molecule has 2 aromatic carbocycles. The second-order valence-electron chi connectivity index (χ2n) is 7.88. The number of nitrogens with one attached hydrogen (secondary N) is 1. The molecule has 0 fully saturated rings. The van der Waals surface area contributed by atoms with Gasteiger partial charge in [0.25, 0.3) is 11.8 Å². The summed E-state index contributed by atoms with van der Waals surface area (Å²) in [5.74, 6) is -2.95. The number of hydrogen-bond acceptors (Lipinski definition) is 4. The van der Waals surface area contributed by atoms with Gasteiger partial charge in [-0.2, -0.15) is 0 Å². The lowest BCUT2D eigenvalue weighted by atomic mass is 9.99. The molecule has 0 aliphatic carbocycles. The number of imide groups is 1. The SMILES string of the molecule is CCCCOCCCN1C(=O)C(Nc2ccc(F)c(F)c2)=C(c2ccc(C)c(C)c2)C1=O. The molecule has 0 saturated heterocycles. The fraction of sp³-hybridized carbons (Fsp3) is 0.360. The lowest BCUT2D eigenvalue weighted by Gasteiger charge is -2.15. The molecule has 5 nitrogen and oxygen atoms in total. The van der Waals surface area contributed by atoms with Gasteiger partial charge in [0.2, 0.25) is 0 Å². The number of carbonyl (C=O) groups excluding carboxylic acids is 2. The second-order valence-corrected chi connectivity index (χ2v) is 7.88. The minimum Gasteiger partial charge on any atom is -0.381 e. The molecule has 3 rings (SSSR count). The van der Waals surface area contributed by atoms with Gasteiger partial charge >= 0.3 is 0 Å². The average molecular weight is 443 g/mol. The van der Waals surface area contributed by atoms with Crippen LogP contribution in [0.5, 0.6) is 0 Å². The van der Waals surface area contributed by atoms with Crippen LogP contribution in [-0.2, 0) is 14.3 Å². The molecule has 0 atom stereocenters. The Morgan fingerprint density at radius 1 is 0.906 bits per heavy atom. The summed E-state index contributed by atoms with van der Waals surface area (Å²) in [4.78, 5) is 27.6. The summed E-state index contributed by atoms with van der Waals surface area (Å²) in [5.41, 5.74) is 3.09. The molecule has 0 saturated carbocycles. The van der Waals surface area contributed by atoms with Crippen molar-refractivity contribution in [2.75, 3.05) is 25.1 Å². The molecule has 1 aliphatic heterocycles. The Morgan fingerprint density at radius 2 is 1.66 bits per heavy atom. The van der Waals surface area contributed by atoms with Crippen LogP contribution < -0.4 is 5.32 Å². The predicted octanol–water partition coefficient (Wildman–Crippen LogP) is 4.98. The maximum atomic E-state index is 13.7. The highest BCUT2D eigenvalue weighted by atomic mass is 19.2. The van der Waals surface area contributed by atoms with Crippen molar-refractivity contribution in [3.63, 3.8) is 0 Å². The Morgan fingerprint density at radius 3 is 2.34 bits per heavy atom. The zero-order chi connectivity index (χ0) is 23.3. The van der Waals surface area contributed by atoms with Crippen molar-refractivity contribution in [2.24, 2.45) is 0 Å². The Hall–Kier alpha value is -3.06. The third kappa shape index (κ3) is 5.22. The highest BCUT2D eigenvalue weighted by Crippen LogP contribution is 2.31. The largest absolute Gasteiger partial charge is 0.381 e. The molecular formula is C25H28F2N2O3. The smallest absolute Gasteiger partial charge is 0.278 e. The minimum atomic E-state index is -1.04. The number of hydrogen-bond donors (Lipinski definition) is 1. The predicted molar refractivity (Wildman–Crippen MR) is 120 cm³/mol. The second kappa shape index (κ2) is 10.5. The molecule has 2 aromatic rings. The normalized spacial score (nSPS) is 14.0. The molecule has 1 aliphatic rings. The van der Waals surface area contributed by atoms with E-state index in [1.54, 1.807) is 6.07 Å². The summed E-state index contributed by atoms with van der Waals surface area (Å²) in [7, 11) is 0. The van der Waals surface area contributed by atoms with Gasteiger partial charge in [-0.25, -0.2) is 8.78 Å². The number of anilines is 1. The van der Waals surface area contributed by atoms with Crippen LogP contribution in [0.1, 0.15) is 42.9 Å². The van der Waals surface area contributed by atoms with Crippen molar-refractivity contribution in [3.05, 3.63) is 70.4 Å². The van der Waals surface area contributed by atoms with Crippen LogP contribution in [0.15, 0.2) is 42.1 Å². The average Bonchev–Trinajstić information content (AvgIpc) is 2.99. The summed E-state index contributed by atoms with van der Waals surface area (Å²) < 4.78 is 32.6. The first-order chi connectivity index (χ1) is 15.3. The molecule has 32 heavy (non-hydrogen) atoms. The number of rotatable bonds is 10. The fourth-order valence-corrected chi connectivity index (χ4v) is 3.45. The zero-order valence-corrected chi connectivity index (χ0v) is 18.6. The molecule has 0 bridgehead atoms. The van der Waals surface area contributed by atoms with E-state index in [1.807, 2.05) is 26.0 Å². The number of nitrogens with zero attached hydrogens (tertiary/aromatic N) is 1. The molecule has 0 spiro atoms. The van der Waals surface area contributed by atoms with Crippen molar-refractivity contribution in [1.29, 1.82) is 0 Å². The lowest BCUT2D eigenvalue weighted by Crippen LogP contribution is -2.34. The summed E-state index contributed by atoms with van der Waals surface area (Å²) in [6, 6.07) is 8.77. The first kappa shape index (κ1) is 23.6. The number of benzene rings is 2. The monoisotopic (exact) mass is 442 g/mol. The van der Waals surface area contributed by atoms with E-state index in [2.05, 4.69) is 12.2 Å². The van der Waals surface area contributed by atoms with Crippen molar-refractivity contribution >= 4 is 23.1 Å². The molecule has 1 heterocycles. The van der Waals surface area contributed by atoms with Gasteiger partial charge in [-0.3, -0.25) is 14.5 Å². The number of carbonyl (C=O) groups is 2. The molecule has 1 N–H and O–H groups in total. The van der Waals surface area contributed by atoms with E-state index in [4.69, 9.17) is 4.74 Å². The minimum absolute atomic E-state index is 0.0520. The molecule has 7 heteroatoms. The van der Waals surface area contributed by atoms with Gasteiger partial charge in [-0.15, -0.1) is 0 Å². The molecular weight excluding hydrogens is 414 g/mol. The van der Waals surface area contributed by atoms with E-state index >= 15 is 0 Å². The van der Waals surface area contributed by atoms with Crippen LogP contribution >= 0.6 is 0 Å². The maximum absolute atomic E-state index is 13.7. The van der Waals surface area contributed by atoms with Gasteiger partial charge < -0.3 is 10.1 Å². The molecule has 0 aromatic heterocycles. The number of halogens is 2. The standard InChI is InChI=1S/C25H28F2N2O3/c1-4-5-12-32-13-6-11-29-24(30)22(18-8-7-16(2)17(3)14-18)23(25(29)31)28-19-9-10-20(26)21(27)15-19/h7-10,14-15,28H,4-6,11-13H2,1-3H3. The van der Waals surface area contributed by atoms with Gasteiger partial charge in [0.15, 0.2) is 11.6 Å². The topological polar surface area (TPSA) is 58.6 Å². The first-order valence-corrected chi connectivity index (χ1v) is 10.8. The van der Waals surface area contributed by atoms with Crippen LogP contribution in [0, 0.1) is 25.5 Å². The number of aryl methyl sites for hydroxylation is 2. The van der Waals surface area contributed by atoms with Crippen molar-refractivity contribution in [1.82, 2.24) is 4.90 Å². The summed E-state index contributed by atoms with van der Waals surface area (Å²) in [6.07, 6.45) is 2.51. The zero-order valence-electron chi connectivity index (χ0n) is 18.6. The van der Waals surface area contributed by atoms with Crippen LogP contribution in [0.4, 0.5) is 14.5 Å². The maximum Gasteiger partial charge on any atom is 0.278 e. The van der Waals surface area contributed by atoms with E-state index < -0.39 is 23.4 Å².